The minimum Gasteiger partial charge on any atom is -0.402 e. The van der Waals surface area contributed by atoms with E-state index in [4.69, 9.17) is 4.43 Å². The van der Waals surface area contributed by atoms with Crippen molar-refractivity contribution in [3.8, 4) is 0 Å². The van der Waals surface area contributed by atoms with Crippen molar-refractivity contribution < 1.29 is 4.43 Å². The molecule has 0 bridgehead atoms. The summed E-state index contributed by atoms with van der Waals surface area (Å²) in [6, 6.07) is 29.5. The first-order valence-corrected chi connectivity index (χ1v) is 11.3. The van der Waals surface area contributed by atoms with Crippen molar-refractivity contribution in [2.24, 2.45) is 0 Å². The van der Waals surface area contributed by atoms with Gasteiger partial charge in [-0.2, -0.15) is 0 Å². The summed E-state index contributed by atoms with van der Waals surface area (Å²) in [5.74, 6) is 0. The summed E-state index contributed by atoms with van der Waals surface area (Å²) >= 11 is 3.65. The van der Waals surface area contributed by atoms with Crippen LogP contribution in [0, 0.1) is 0 Å². The quantitative estimate of drug-likeness (QED) is 0.556. The maximum Gasteiger partial charge on any atom is 0.253 e. The maximum absolute atomic E-state index is 6.79. The van der Waals surface area contributed by atoms with E-state index < -0.39 is 8.32 Å². The van der Waals surface area contributed by atoms with Crippen molar-refractivity contribution >= 4 is 34.6 Å². The highest BCUT2D eigenvalue weighted by atomic mass is 79.9. The Balaban J connectivity index is 2.02. The number of rotatable bonds is 5. The lowest BCUT2D eigenvalue weighted by Gasteiger charge is -2.32. The maximum atomic E-state index is 6.79. The first-order chi connectivity index (χ1) is 11.6. The fourth-order valence-corrected chi connectivity index (χ4v) is 6.74. The molecule has 122 valence electrons. The highest BCUT2D eigenvalue weighted by Gasteiger charge is 2.36. The number of hydrogen-bond donors (Lipinski definition) is 0. The molecule has 0 radical (unpaired) electrons. The van der Waals surface area contributed by atoms with E-state index in [1.165, 1.54) is 15.9 Å². The van der Waals surface area contributed by atoms with Crippen molar-refractivity contribution in [1.29, 1.82) is 0 Å². The predicted octanol–water partition coefficient (Wildman–Crippen LogP) is 4.92. The number of benzene rings is 3. The van der Waals surface area contributed by atoms with Crippen LogP contribution >= 0.6 is 15.9 Å². The second-order valence-electron chi connectivity index (χ2n) is 6.05. The Morgan fingerprint density at radius 1 is 0.750 bits per heavy atom. The molecule has 0 fully saturated rings. The van der Waals surface area contributed by atoms with Gasteiger partial charge in [0.25, 0.3) is 8.32 Å². The lowest BCUT2D eigenvalue weighted by atomic mass is 10.1. The Morgan fingerprint density at radius 3 is 1.71 bits per heavy atom. The van der Waals surface area contributed by atoms with Gasteiger partial charge in [-0.05, 0) is 35.5 Å². The summed E-state index contributed by atoms with van der Waals surface area (Å²) in [4.78, 5) is 0. The molecule has 1 unspecified atom stereocenters. The van der Waals surface area contributed by atoms with E-state index in [1.54, 1.807) is 0 Å². The molecule has 0 aromatic heterocycles. The lowest BCUT2D eigenvalue weighted by Crippen LogP contribution is -2.58. The average molecular weight is 397 g/mol. The van der Waals surface area contributed by atoms with Crippen LogP contribution in [0.15, 0.2) is 89.4 Å². The van der Waals surface area contributed by atoms with Crippen LogP contribution in [0.3, 0.4) is 0 Å². The van der Waals surface area contributed by atoms with Gasteiger partial charge in [-0.1, -0.05) is 94.8 Å². The third-order valence-corrected chi connectivity index (χ3v) is 8.82. The SMILES string of the molecule is CC(O[Si](C)(c1ccccc1)c1ccccc1)c1ccccc1Br. The highest BCUT2D eigenvalue weighted by molar-refractivity contribution is 9.10. The van der Waals surface area contributed by atoms with E-state index in [1.807, 2.05) is 6.07 Å². The third kappa shape index (κ3) is 3.53. The van der Waals surface area contributed by atoms with E-state index in [0.717, 1.165) is 4.47 Å². The number of halogens is 1. The lowest BCUT2D eigenvalue weighted by molar-refractivity contribution is 0.225. The van der Waals surface area contributed by atoms with E-state index >= 15 is 0 Å². The monoisotopic (exact) mass is 396 g/mol. The zero-order valence-corrected chi connectivity index (χ0v) is 16.5. The molecule has 0 heterocycles. The highest BCUT2D eigenvalue weighted by Crippen LogP contribution is 2.28. The average Bonchev–Trinajstić information content (AvgIpc) is 2.63. The summed E-state index contributed by atoms with van der Waals surface area (Å²) in [5.41, 5.74) is 1.18. The second kappa shape index (κ2) is 7.47. The molecule has 0 amide bonds. The van der Waals surface area contributed by atoms with Gasteiger partial charge in [0, 0.05) is 4.47 Å². The largest absolute Gasteiger partial charge is 0.402 e. The van der Waals surface area contributed by atoms with Gasteiger partial charge < -0.3 is 4.43 Å². The van der Waals surface area contributed by atoms with E-state index in [-0.39, 0.29) is 6.10 Å². The summed E-state index contributed by atoms with van der Waals surface area (Å²) in [6.45, 7) is 4.42. The van der Waals surface area contributed by atoms with Gasteiger partial charge in [0.2, 0.25) is 0 Å². The molecule has 1 nitrogen and oxygen atoms in total. The minimum absolute atomic E-state index is 0.0117. The Kier molecular flexibility index (Phi) is 5.34. The van der Waals surface area contributed by atoms with E-state index in [2.05, 4.69) is 108 Å². The number of hydrogen-bond acceptors (Lipinski definition) is 1. The molecule has 0 saturated heterocycles. The predicted molar refractivity (Wildman–Crippen MR) is 107 cm³/mol. The Morgan fingerprint density at radius 2 is 1.21 bits per heavy atom. The molecule has 3 heteroatoms. The van der Waals surface area contributed by atoms with Gasteiger partial charge in [-0.3, -0.25) is 0 Å². The van der Waals surface area contributed by atoms with Crippen molar-refractivity contribution in [2.45, 2.75) is 19.6 Å². The van der Waals surface area contributed by atoms with Crippen LogP contribution in [0.25, 0.3) is 0 Å². The summed E-state index contributed by atoms with van der Waals surface area (Å²) in [5, 5.41) is 2.57. The first-order valence-electron chi connectivity index (χ1n) is 8.14. The molecular formula is C21H21BrOSi. The van der Waals surface area contributed by atoms with E-state index in [0.29, 0.717) is 0 Å². The van der Waals surface area contributed by atoms with Crippen LogP contribution in [0.1, 0.15) is 18.6 Å². The van der Waals surface area contributed by atoms with Crippen LogP contribution < -0.4 is 10.4 Å². The molecule has 0 N–H and O–H groups in total. The summed E-state index contributed by atoms with van der Waals surface area (Å²) in [6.07, 6.45) is 0.0117. The van der Waals surface area contributed by atoms with Crippen LogP contribution in [0.5, 0.6) is 0 Å². The summed E-state index contributed by atoms with van der Waals surface area (Å²) in [7, 11) is -2.29. The molecule has 0 aliphatic rings. The molecule has 0 saturated carbocycles. The second-order valence-corrected chi connectivity index (χ2v) is 10.4. The molecule has 0 aliphatic heterocycles. The standard InChI is InChI=1S/C21H21BrOSi/c1-17(20-15-9-10-16-21(20)22)23-24(2,18-11-5-3-6-12-18)19-13-7-4-8-14-19/h3-17H,1-2H3. The van der Waals surface area contributed by atoms with Crippen LogP contribution in [0.2, 0.25) is 6.55 Å². The molecule has 0 spiro atoms. The van der Waals surface area contributed by atoms with Crippen LogP contribution in [-0.4, -0.2) is 8.32 Å². The molecule has 3 aromatic rings. The van der Waals surface area contributed by atoms with Crippen molar-refractivity contribution in [2.75, 3.05) is 0 Å². The molecule has 1 atom stereocenters. The van der Waals surface area contributed by atoms with Crippen LogP contribution in [-0.2, 0) is 4.43 Å². The zero-order valence-electron chi connectivity index (χ0n) is 13.9. The normalized spacial score (nSPS) is 12.8. The minimum atomic E-state index is -2.29. The van der Waals surface area contributed by atoms with Gasteiger partial charge >= 0.3 is 0 Å². The summed E-state index contributed by atoms with van der Waals surface area (Å²) < 4.78 is 7.88. The molecule has 3 aromatic carbocycles. The fourth-order valence-electron chi connectivity index (χ4n) is 3.04. The third-order valence-electron chi connectivity index (χ3n) is 4.40. The molecule has 3 rings (SSSR count). The van der Waals surface area contributed by atoms with Gasteiger partial charge in [0.15, 0.2) is 0 Å². The van der Waals surface area contributed by atoms with Crippen molar-refractivity contribution in [1.82, 2.24) is 0 Å². The van der Waals surface area contributed by atoms with Crippen molar-refractivity contribution in [3.63, 3.8) is 0 Å². The molecule has 0 aliphatic carbocycles. The first kappa shape index (κ1) is 17.2. The zero-order chi connectivity index (χ0) is 17.0. The smallest absolute Gasteiger partial charge is 0.253 e. The molecular weight excluding hydrogens is 376 g/mol. The van der Waals surface area contributed by atoms with Crippen LogP contribution in [0.4, 0.5) is 0 Å². The topological polar surface area (TPSA) is 9.23 Å². The van der Waals surface area contributed by atoms with Gasteiger partial charge in [0.1, 0.15) is 0 Å². The van der Waals surface area contributed by atoms with Crippen molar-refractivity contribution in [3.05, 3.63) is 95.0 Å². The fraction of sp³-hybridized carbons (Fsp3) is 0.143. The molecule has 24 heavy (non-hydrogen) atoms. The Bertz CT molecular complexity index is 750. The Hall–Kier alpha value is -1.68. The Labute approximate surface area is 153 Å². The van der Waals surface area contributed by atoms with Gasteiger partial charge in [-0.15, -0.1) is 0 Å². The van der Waals surface area contributed by atoms with E-state index in [9.17, 15) is 0 Å². The van der Waals surface area contributed by atoms with Gasteiger partial charge in [-0.25, -0.2) is 0 Å². The van der Waals surface area contributed by atoms with Gasteiger partial charge in [0.05, 0.1) is 6.10 Å².